The van der Waals surface area contributed by atoms with Gasteiger partial charge in [-0.25, -0.2) is 8.42 Å². The second kappa shape index (κ2) is 6.62. The van der Waals surface area contributed by atoms with E-state index in [1.54, 1.807) is 12.1 Å². The highest BCUT2D eigenvalue weighted by molar-refractivity contribution is 7.92. The van der Waals surface area contributed by atoms with Crippen LogP contribution in [0.25, 0.3) is 0 Å². The molecule has 1 aromatic carbocycles. The lowest BCUT2D eigenvalue weighted by Gasteiger charge is -2.18. The van der Waals surface area contributed by atoms with Gasteiger partial charge >= 0.3 is 0 Å². The largest absolute Gasteiger partial charge is 0.284 e. The topological polar surface area (TPSA) is 46.2 Å². The Kier molecular flexibility index (Phi) is 5.68. The van der Waals surface area contributed by atoms with Gasteiger partial charge in [0, 0.05) is 11.6 Å². The Labute approximate surface area is 121 Å². The number of halogens is 1. The zero-order valence-electron chi connectivity index (χ0n) is 11.7. The van der Waals surface area contributed by atoms with Crippen LogP contribution in [0.3, 0.4) is 0 Å². The van der Waals surface area contributed by atoms with Crippen LogP contribution in [0, 0.1) is 5.41 Å². The van der Waals surface area contributed by atoms with Crippen molar-refractivity contribution in [2.75, 3.05) is 16.4 Å². The summed E-state index contributed by atoms with van der Waals surface area (Å²) in [6.07, 6.45) is 1.42. The van der Waals surface area contributed by atoms with Crippen molar-refractivity contribution in [2.24, 2.45) is 5.41 Å². The smallest absolute Gasteiger partial charge is 0.232 e. The van der Waals surface area contributed by atoms with Gasteiger partial charge in [0.2, 0.25) is 10.0 Å². The predicted molar refractivity (Wildman–Crippen MR) is 82.3 cm³/mol. The number of hydrogen-bond acceptors (Lipinski definition) is 2. The molecule has 1 aromatic rings. The van der Waals surface area contributed by atoms with E-state index in [9.17, 15) is 8.42 Å². The van der Waals surface area contributed by atoms with E-state index in [0.717, 1.165) is 12.0 Å². The lowest BCUT2D eigenvalue weighted by atomic mass is 9.94. The molecule has 0 aliphatic rings. The van der Waals surface area contributed by atoms with Crippen LogP contribution < -0.4 is 4.72 Å². The summed E-state index contributed by atoms with van der Waals surface area (Å²) in [4.78, 5) is 0. The SMILES string of the molecule is CC(C)(C)CCS(=O)(=O)Nc1ccc(CCCl)cc1. The summed E-state index contributed by atoms with van der Waals surface area (Å²) in [6, 6.07) is 7.33. The average molecular weight is 304 g/mol. The molecule has 0 amide bonds. The minimum Gasteiger partial charge on any atom is -0.284 e. The summed E-state index contributed by atoms with van der Waals surface area (Å²) < 4.78 is 26.4. The summed E-state index contributed by atoms with van der Waals surface area (Å²) in [5.74, 6) is 0.705. The van der Waals surface area contributed by atoms with E-state index in [1.807, 2.05) is 32.9 Å². The van der Waals surface area contributed by atoms with Crippen LogP contribution in [0.15, 0.2) is 24.3 Å². The van der Waals surface area contributed by atoms with Crippen LogP contribution in [0.4, 0.5) is 5.69 Å². The van der Waals surface area contributed by atoms with Gasteiger partial charge in [0.1, 0.15) is 0 Å². The second-order valence-electron chi connectivity index (χ2n) is 5.87. The number of rotatable bonds is 6. The molecular weight excluding hydrogens is 282 g/mol. The van der Waals surface area contributed by atoms with E-state index in [-0.39, 0.29) is 11.2 Å². The van der Waals surface area contributed by atoms with Crippen LogP contribution >= 0.6 is 11.6 Å². The third-order valence-corrected chi connectivity index (χ3v) is 4.21. The maximum absolute atomic E-state index is 11.9. The molecule has 3 nitrogen and oxygen atoms in total. The molecule has 108 valence electrons. The number of nitrogens with one attached hydrogen (secondary N) is 1. The molecule has 0 bridgehead atoms. The molecule has 5 heteroatoms. The van der Waals surface area contributed by atoms with Crippen molar-refractivity contribution < 1.29 is 8.42 Å². The van der Waals surface area contributed by atoms with Crippen molar-refractivity contribution in [3.63, 3.8) is 0 Å². The minimum absolute atomic E-state index is 0.0129. The molecule has 0 aliphatic carbocycles. The molecule has 0 spiro atoms. The van der Waals surface area contributed by atoms with Gasteiger partial charge in [-0.2, -0.15) is 0 Å². The summed E-state index contributed by atoms with van der Waals surface area (Å²) in [6.45, 7) is 6.09. The summed E-state index contributed by atoms with van der Waals surface area (Å²) in [5, 5.41) is 0. The van der Waals surface area contributed by atoms with Crippen molar-refractivity contribution in [1.29, 1.82) is 0 Å². The van der Waals surface area contributed by atoms with Gasteiger partial charge in [-0.3, -0.25) is 4.72 Å². The molecule has 0 unspecified atom stereocenters. The third kappa shape index (κ3) is 6.83. The van der Waals surface area contributed by atoms with E-state index in [0.29, 0.717) is 18.0 Å². The molecule has 1 rings (SSSR count). The highest BCUT2D eigenvalue weighted by Gasteiger charge is 2.17. The van der Waals surface area contributed by atoms with E-state index >= 15 is 0 Å². The lowest BCUT2D eigenvalue weighted by molar-refractivity contribution is 0.397. The van der Waals surface area contributed by atoms with Crippen LogP contribution in [-0.2, 0) is 16.4 Å². The Morgan fingerprint density at radius 2 is 1.74 bits per heavy atom. The first kappa shape index (κ1) is 16.3. The van der Waals surface area contributed by atoms with Gasteiger partial charge < -0.3 is 0 Å². The highest BCUT2D eigenvalue weighted by atomic mass is 35.5. The Morgan fingerprint density at radius 3 is 2.21 bits per heavy atom. The molecule has 0 fully saturated rings. The number of hydrogen-bond donors (Lipinski definition) is 1. The zero-order chi connectivity index (χ0) is 14.5. The van der Waals surface area contributed by atoms with Crippen LogP contribution in [0.1, 0.15) is 32.8 Å². The normalized spacial score (nSPS) is 12.4. The van der Waals surface area contributed by atoms with Crippen LogP contribution in [0.5, 0.6) is 0 Å². The van der Waals surface area contributed by atoms with E-state index < -0.39 is 10.0 Å². The van der Waals surface area contributed by atoms with E-state index in [1.165, 1.54) is 0 Å². The quantitative estimate of drug-likeness (QED) is 0.815. The first-order chi connectivity index (χ1) is 8.72. The standard InChI is InChI=1S/C14H22ClNO2S/c1-14(2,3)9-11-19(17,18)16-13-6-4-12(5-7-13)8-10-15/h4-7,16H,8-11H2,1-3H3. The fourth-order valence-corrected chi connectivity index (χ4v) is 3.22. The van der Waals surface area contributed by atoms with Crippen LogP contribution in [-0.4, -0.2) is 20.1 Å². The average Bonchev–Trinajstić information content (AvgIpc) is 2.29. The maximum atomic E-state index is 11.9. The Bertz CT molecular complexity index is 489. The molecule has 0 radical (unpaired) electrons. The minimum atomic E-state index is -3.27. The maximum Gasteiger partial charge on any atom is 0.232 e. The van der Waals surface area contributed by atoms with Crippen molar-refractivity contribution >= 4 is 27.3 Å². The first-order valence-electron chi connectivity index (χ1n) is 6.37. The number of aryl methyl sites for hydroxylation is 1. The Balaban J connectivity index is 2.62. The molecule has 0 heterocycles. The Hall–Kier alpha value is -0.740. The molecule has 0 saturated carbocycles. The highest BCUT2D eigenvalue weighted by Crippen LogP contribution is 2.20. The van der Waals surface area contributed by atoms with E-state index in [4.69, 9.17) is 11.6 Å². The molecule has 1 N–H and O–H groups in total. The van der Waals surface area contributed by atoms with Gasteiger partial charge in [-0.05, 0) is 36.0 Å². The fraction of sp³-hybridized carbons (Fsp3) is 0.571. The number of alkyl halides is 1. The number of anilines is 1. The summed E-state index contributed by atoms with van der Waals surface area (Å²) in [5.41, 5.74) is 1.72. The number of sulfonamides is 1. The molecule has 0 saturated heterocycles. The van der Waals surface area contributed by atoms with Crippen molar-refractivity contribution in [3.8, 4) is 0 Å². The molecule has 19 heavy (non-hydrogen) atoms. The fourth-order valence-electron chi connectivity index (χ4n) is 1.52. The van der Waals surface area contributed by atoms with Crippen molar-refractivity contribution in [3.05, 3.63) is 29.8 Å². The van der Waals surface area contributed by atoms with Gasteiger partial charge in [-0.1, -0.05) is 32.9 Å². The molecule has 0 aliphatic heterocycles. The van der Waals surface area contributed by atoms with Gasteiger partial charge in [0.05, 0.1) is 5.75 Å². The monoisotopic (exact) mass is 303 g/mol. The van der Waals surface area contributed by atoms with Gasteiger partial charge in [-0.15, -0.1) is 11.6 Å². The second-order valence-corrected chi connectivity index (χ2v) is 8.09. The summed E-state index contributed by atoms with van der Waals surface area (Å²) >= 11 is 5.65. The number of benzene rings is 1. The van der Waals surface area contributed by atoms with Gasteiger partial charge in [0.15, 0.2) is 0 Å². The van der Waals surface area contributed by atoms with E-state index in [2.05, 4.69) is 4.72 Å². The first-order valence-corrected chi connectivity index (χ1v) is 8.56. The summed E-state index contributed by atoms with van der Waals surface area (Å²) in [7, 11) is -3.27. The predicted octanol–water partition coefficient (Wildman–Crippen LogP) is 3.65. The zero-order valence-corrected chi connectivity index (χ0v) is 13.3. The van der Waals surface area contributed by atoms with Crippen molar-refractivity contribution in [2.45, 2.75) is 33.6 Å². The molecule has 0 aromatic heterocycles. The third-order valence-electron chi connectivity index (χ3n) is 2.73. The molecular formula is C14H22ClNO2S. The van der Waals surface area contributed by atoms with Crippen LogP contribution in [0.2, 0.25) is 0 Å². The van der Waals surface area contributed by atoms with Gasteiger partial charge in [0.25, 0.3) is 0 Å². The lowest BCUT2D eigenvalue weighted by Crippen LogP contribution is -2.20. The van der Waals surface area contributed by atoms with Crippen molar-refractivity contribution in [1.82, 2.24) is 0 Å². The Morgan fingerprint density at radius 1 is 1.16 bits per heavy atom. The molecule has 0 atom stereocenters.